The van der Waals surface area contributed by atoms with Crippen molar-refractivity contribution in [3.05, 3.63) is 20.8 Å². The zero-order valence-corrected chi connectivity index (χ0v) is 11.5. The third-order valence-corrected chi connectivity index (χ3v) is 3.78. The molecule has 0 fully saturated rings. The largest absolute Gasteiger partial charge is 0.338 e. The Morgan fingerprint density at radius 2 is 2.20 bits per heavy atom. The predicted molar refractivity (Wildman–Crippen MR) is 68.0 cm³/mol. The summed E-state index contributed by atoms with van der Waals surface area (Å²) >= 11 is 5.12. The van der Waals surface area contributed by atoms with E-state index in [9.17, 15) is 4.79 Å². The van der Waals surface area contributed by atoms with Crippen molar-refractivity contribution < 1.29 is 4.79 Å². The first-order valence-corrected chi connectivity index (χ1v) is 6.80. The Hall–Kier alpha value is -0.350. The van der Waals surface area contributed by atoms with Crippen molar-refractivity contribution in [1.82, 2.24) is 4.90 Å². The molecule has 0 spiro atoms. The standard InChI is InChI=1S/C11H16BrNOS/c1-3-5-11(14)13(4-2)8-9-6-7-10(12)15-9/h6-7H,3-5,8H2,1-2H3. The number of carbonyl (C=O) groups is 1. The van der Waals surface area contributed by atoms with Crippen LogP contribution in [0.5, 0.6) is 0 Å². The van der Waals surface area contributed by atoms with Crippen LogP contribution >= 0.6 is 27.3 Å². The van der Waals surface area contributed by atoms with Gasteiger partial charge in [0, 0.05) is 17.8 Å². The highest BCUT2D eigenvalue weighted by Gasteiger charge is 2.11. The van der Waals surface area contributed by atoms with E-state index in [-0.39, 0.29) is 5.91 Å². The first-order valence-electron chi connectivity index (χ1n) is 5.19. The molecule has 1 aromatic rings. The van der Waals surface area contributed by atoms with Crippen molar-refractivity contribution in [2.24, 2.45) is 0 Å². The molecule has 1 amide bonds. The molecule has 0 aliphatic heterocycles. The minimum Gasteiger partial charge on any atom is -0.338 e. The molecule has 1 heterocycles. The Balaban J connectivity index is 2.57. The Morgan fingerprint density at radius 1 is 1.47 bits per heavy atom. The number of nitrogens with zero attached hydrogens (tertiary/aromatic N) is 1. The first kappa shape index (κ1) is 12.7. The molecule has 0 atom stereocenters. The minimum atomic E-state index is 0.254. The zero-order chi connectivity index (χ0) is 11.3. The van der Waals surface area contributed by atoms with Gasteiger partial charge in [-0.05, 0) is 41.4 Å². The van der Waals surface area contributed by atoms with Crippen LogP contribution in [0, 0.1) is 0 Å². The molecule has 0 aromatic carbocycles. The van der Waals surface area contributed by atoms with Crippen LogP contribution in [0.4, 0.5) is 0 Å². The van der Waals surface area contributed by atoms with Gasteiger partial charge in [0.05, 0.1) is 10.3 Å². The van der Waals surface area contributed by atoms with E-state index in [4.69, 9.17) is 0 Å². The van der Waals surface area contributed by atoms with Gasteiger partial charge >= 0.3 is 0 Å². The SMILES string of the molecule is CCCC(=O)N(CC)Cc1ccc(Br)s1. The van der Waals surface area contributed by atoms with Crippen molar-refractivity contribution in [3.63, 3.8) is 0 Å². The highest BCUT2D eigenvalue weighted by molar-refractivity contribution is 9.11. The smallest absolute Gasteiger partial charge is 0.222 e. The maximum absolute atomic E-state index is 11.7. The molecule has 0 radical (unpaired) electrons. The van der Waals surface area contributed by atoms with Crippen LogP contribution in [-0.2, 0) is 11.3 Å². The van der Waals surface area contributed by atoms with Gasteiger partial charge in [0.2, 0.25) is 5.91 Å². The van der Waals surface area contributed by atoms with Crippen molar-refractivity contribution in [2.45, 2.75) is 33.2 Å². The molecule has 1 aromatic heterocycles. The molecule has 0 N–H and O–H groups in total. The average Bonchev–Trinajstić information content (AvgIpc) is 2.61. The highest BCUT2D eigenvalue weighted by Crippen LogP contribution is 2.23. The molecule has 1 rings (SSSR count). The lowest BCUT2D eigenvalue weighted by Crippen LogP contribution is -2.29. The predicted octanol–water partition coefficient (Wildman–Crippen LogP) is 3.66. The summed E-state index contributed by atoms with van der Waals surface area (Å²) in [7, 11) is 0. The summed E-state index contributed by atoms with van der Waals surface area (Å²) in [5.41, 5.74) is 0. The molecule has 0 aliphatic carbocycles. The van der Waals surface area contributed by atoms with Gasteiger partial charge in [0.15, 0.2) is 0 Å². The van der Waals surface area contributed by atoms with Crippen LogP contribution < -0.4 is 0 Å². The van der Waals surface area contributed by atoms with E-state index in [2.05, 4.69) is 22.0 Å². The highest BCUT2D eigenvalue weighted by atomic mass is 79.9. The molecule has 0 saturated carbocycles. The van der Waals surface area contributed by atoms with E-state index in [0.29, 0.717) is 6.42 Å². The molecule has 2 nitrogen and oxygen atoms in total. The molecular formula is C11H16BrNOS. The molecular weight excluding hydrogens is 274 g/mol. The maximum atomic E-state index is 11.7. The summed E-state index contributed by atoms with van der Waals surface area (Å²) in [6.07, 6.45) is 1.57. The maximum Gasteiger partial charge on any atom is 0.222 e. The van der Waals surface area contributed by atoms with Crippen LogP contribution in [0.3, 0.4) is 0 Å². The number of hydrogen-bond acceptors (Lipinski definition) is 2. The zero-order valence-electron chi connectivity index (χ0n) is 9.12. The van der Waals surface area contributed by atoms with Gasteiger partial charge in [0.25, 0.3) is 0 Å². The first-order chi connectivity index (χ1) is 7.17. The number of thiophene rings is 1. The van der Waals surface area contributed by atoms with Crippen LogP contribution in [-0.4, -0.2) is 17.4 Å². The van der Waals surface area contributed by atoms with Gasteiger partial charge in [-0.3, -0.25) is 4.79 Å². The second-order valence-electron chi connectivity index (χ2n) is 3.36. The topological polar surface area (TPSA) is 20.3 Å². The van der Waals surface area contributed by atoms with Gasteiger partial charge in [-0.25, -0.2) is 0 Å². The normalized spacial score (nSPS) is 10.3. The third kappa shape index (κ3) is 3.95. The van der Waals surface area contributed by atoms with E-state index in [1.807, 2.05) is 24.8 Å². The van der Waals surface area contributed by atoms with Gasteiger partial charge in [0.1, 0.15) is 0 Å². The molecule has 0 bridgehead atoms. The van der Waals surface area contributed by atoms with Crippen LogP contribution in [0.15, 0.2) is 15.9 Å². The monoisotopic (exact) mass is 289 g/mol. The number of rotatable bonds is 5. The van der Waals surface area contributed by atoms with Crippen molar-refractivity contribution in [3.8, 4) is 0 Å². The quantitative estimate of drug-likeness (QED) is 0.810. The van der Waals surface area contributed by atoms with E-state index in [1.54, 1.807) is 11.3 Å². The fourth-order valence-electron chi connectivity index (χ4n) is 1.37. The van der Waals surface area contributed by atoms with Gasteiger partial charge in [-0.2, -0.15) is 0 Å². The lowest BCUT2D eigenvalue weighted by Gasteiger charge is -2.19. The summed E-state index contributed by atoms with van der Waals surface area (Å²) in [6.45, 7) is 5.59. The molecule has 0 unspecified atom stereocenters. The summed E-state index contributed by atoms with van der Waals surface area (Å²) in [5, 5.41) is 0. The Kier molecular flexibility index (Phi) is 5.32. The Morgan fingerprint density at radius 3 is 2.67 bits per heavy atom. The number of hydrogen-bond donors (Lipinski definition) is 0. The van der Waals surface area contributed by atoms with Crippen LogP contribution in [0.1, 0.15) is 31.6 Å². The molecule has 0 aliphatic rings. The minimum absolute atomic E-state index is 0.254. The fraction of sp³-hybridized carbons (Fsp3) is 0.545. The lowest BCUT2D eigenvalue weighted by molar-refractivity contribution is -0.131. The van der Waals surface area contributed by atoms with E-state index >= 15 is 0 Å². The van der Waals surface area contributed by atoms with Crippen molar-refractivity contribution in [1.29, 1.82) is 0 Å². The van der Waals surface area contributed by atoms with Crippen LogP contribution in [0.25, 0.3) is 0 Å². The number of halogens is 1. The Bertz CT molecular complexity index is 324. The molecule has 4 heteroatoms. The number of carbonyl (C=O) groups excluding carboxylic acids is 1. The average molecular weight is 290 g/mol. The molecule has 84 valence electrons. The van der Waals surface area contributed by atoms with E-state index in [1.165, 1.54) is 4.88 Å². The van der Waals surface area contributed by atoms with Crippen molar-refractivity contribution in [2.75, 3.05) is 6.54 Å². The molecule has 15 heavy (non-hydrogen) atoms. The summed E-state index contributed by atoms with van der Waals surface area (Å²) in [4.78, 5) is 14.8. The van der Waals surface area contributed by atoms with Gasteiger partial charge in [-0.1, -0.05) is 6.92 Å². The molecule has 0 saturated heterocycles. The number of amides is 1. The van der Waals surface area contributed by atoms with E-state index in [0.717, 1.165) is 23.3 Å². The fourth-order valence-corrected chi connectivity index (χ4v) is 2.87. The van der Waals surface area contributed by atoms with Crippen LogP contribution in [0.2, 0.25) is 0 Å². The summed E-state index contributed by atoms with van der Waals surface area (Å²) in [5.74, 6) is 0.254. The summed E-state index contributed by atoms with van der Waals surface area (Å²) in [6, 6.07) is 4.09. The van der Waals surface area contributed by atoms with Gasteiger partial charge in [-0.15, -0.1) is 11.3 Å². The van der Waals surface area contributed by atoms with E-state index < -0.39 is 0 Å². The second kappa shape index (κ2) is 6.28. The second-order valence-corrected chi connectivity index (χ2v) is 5.91. The lowest BCUT2D eigenvalue weighted by atomic mass is 10.3. The van der Waals surface area contributed by atoms with Crippen molar-refractivity contribution >= 4 is 33.2 Å². The van der Waals surface area contributed by atoms with Gasteiger partial charge < -0.3 is 4.90 Å². The summed E-state index contributed by atoms with van der Waals surface area (Å²) < 4.78 is 1.12. The third-order valence-electron chi connectivity index (χ3n) is 2.17. The Labute approximate surface area is 103 Å².